The summed E-state index contributed by atoms with van der Waals surface area (Å²) in [6, 6.07) is 24.6. The lowest BCUT2D eigenvalue weighted by Crippen LogP contribution is -2.29. The first kappa shape index (κ1) is 20.9. The third-order valence-corrected chi connectivity index (χ3v) is 5.93. The van der Waals surface area contributed by atoms with Crippen LogP contribution in [0.5, 0.6) is 11.5 Å². The van der Waals surface area contributed by atoms with E-state index >= 15 is 0 Å². The molecule has 0 saturated heterocycles. The molecular weight excluding hydrogens is 414 g/mol. The lowest BCUT2D eigenvalue weighted by atomic mass is 10.2. The van der Waals surface area contributed by atoms with Gasteiger partial charge in [-0.2, -0.15) is 0 Å². The molecule has 6 heteroatoms. The van der Waals surface area contributed by atoms with Crippen molar-refractivity contribution in [2.45, 2.75) is 31.7 Å². The molecule has 3 aromatic carbocycles. The number of rotatable bonds is 7. The third kappa shape index (κ3) is 4.51. The van der Waals surface area contributed by atoms with Gasteiger partial charge in [-0.1, -0.05) is 30.3 Å². The van der Waals surface area contributed by atoms with Crippen LogP contribution in [0.3, 0.4) is 0 Å². The number of aromatic nitrogens is 2. The first-order valence-corrected chi connectivity index (χ1v) is 11.2. The fraction of sp³-hybridized carbons (Fsp3) is 0.222. The largest absolute Gasteiger partial charge is 0.457 e. The Labute approximate surface area is 192 Å². The molecule has 1 aromatic heterocycles. The van der Waals surface area contributed by atoms with Crippen molar-refractivity contribution in [1.82, 2.24) is 9.55 Å². The van der Waals surface area contributed by atoms with Gasteiger partial charge in [0.2, 0.25) is 5.91 Å². The van der Waals surface area contributed by atoms with Crippen molar-refractivity contribution >= 4 is 22.5 Å². The molecule has 0 atom stereocenters. The maximum Gasteiger partial charge on any atom is 0.261 e. The first-order valence-electron chi connectivity index (χ1n) is 11.2. The van der Waals surface area contributed by atoms with E-state index < -0.39 is 0 Å². The molecular formula is C27H25N3O3. The Bertz CT molecular complexity index is 1340. The number of amides is 1. The fourth-order valence-corrected chi connectivity index (χ4v) is 3.97. The number of carbonyl (C=O) groups is 1. The molecule has 6 nitrogen and oxygen atoms in total. The molecule has 0 N–H and O–H groups in total. The summed E-state index contributed by atoms with van der Waals surface area (Å²) in [4.78, 5) is 32.3. The normalized spacial score (nSPS) is 13.1. The molecule has 0 spiro atoms. The molecule has 4 aromatic rings. The van der Waals surface area contributed by atoms with E-state index in [1.807, 2.05) is 78.9 Å². The van der Waals surface area contributed by atoms with Crippen molar-refractivity contribution in [3.05, 3.63) is 95.0 Å². The molecule has 166 valence electrons. The highest BCUT2D eigenvalue weighted by Gasteiger charge is 2.28. The summed E-state index contributed by atoms with van der Waals surface area (Å²) in [6.45, 7) is 0. The van der Waals surface area contributed by atoms with E-state index in [-0.39, 0.29) is 23.9 Å². The summed E-state index contributed by atoms with van der Waals surface area (Å²) in [7, 11) is 1.76. The molecule has 1 fully saturated rings. The van der Waals surface area contributed by atoms with Crippen LogP contribution in [-0.4, -0.2) is 22.5 Å². The number of benzene rings is 3. The van der Waals surface area contributed by atoms with Crippen molar-refractivity contribution in [1.29, 1.82) is 0 Å². The maximum atomic E-state index is 13.0. The predicted octanol–water partition coefficient (Wildman–Crippen LogP) is 5.12. The maximum absolute atomic E-state index is 13.0. The highest BCUT2D eigenvalue weighted by atomic mass is 16.5. The number of aryl methyl sites for hydroxylation is 1. The average Bonchev–Trinajstić information content (AvgIpc) is 3.68. The van der Waals surface area contributed by atoms with E-state index in [1.165, 1.54) is 0 Å². The third-order valence-electron chi connectivity index (χ3n) is 5.93. The van der Waals surface area contributed by atoms with Gasteiger partial charge in [0.05, 0.1) is 10.9 Å². The number of ether oxygens (including phenoxy) is 1. The van der Waals surface area contributed by atoms with E-state index in [9.17, 15) is 9.59 Å². The van der Waals surface area contributed by atoms with Crippen molar-refractivity contribution in [2.24, 2.45) is 0 Å². The van der Waals surface area contributed by atoms with E-state index in [1.54, 1.807) is 16.5 Å². The van der Waals surface area contributed by atoms with Crippen LogP contribution in [0.2, 0.25) is 0 Å². The number of para-hydroxylation sites is 2. The van der Waals surface area contributed by atoms with Gasteiger partial charge in [0, 0.05) is 31.6 Å². The zero-order valence-corrected chi connectivity index (χ0v) is 18.5. The number of carbonyl (C=O) groups excluding carboxylic acids is 1. The predicted molar refractivity (Wildman–Crippen MR) is 129 cm³/mol. The summed E-state index contributed by atoms with van der Waals surface area (Å²) in [5.74, 6) is 2.13. The Morgan fingerprint density at radius 1 is 0.970 bits per heavy atom. The molecule has 1 aliphatic carbocycles. The minimum Gasteiger partial charge on any atom is -0.457 e. The quantitative estimate of drug-likeness (QED) is 0.401. The van der Waals surface area contributed by atoms with Gasteiger partial charge in [0.25, 0.3) is 5.56 Å². The zero-order valence-electron chi connectivity index (χ0n) is 18.5. The highest BCUT2D eigenvalue weighted by Crippen LogP contribution is 2.35. The number of nitrogens with zero attached hydrogens (tertiary/aromatic N) is 3. The molecule has 1 heterocycles. The molecule has 1 saturated carbocycles. The fourth-order valence-electron chi connectivity index (χ4n) is 3.97. The van der Waals surface area contributed by atoms with Gasteiger partial charge in [-0.25, -0.2) is 4.98 Å². The molecule has 0 unspecified atom stereocenters. The minimum absolute atomic E-state index is 0.00657. The van der Waals surface area contributed by atoms with Gasteiger partial charge in [-0.05, 0) is 61.4 Å². The summed E-state index contributed by atoms with van der Waals surface area (Å²) in [5.41, 5.74) is 1.46. The Hall–Kier alpha value is -3.93. The van der Waals surface area contributed by atoms with Gasteiger partial charge >= 0.3 is 0 Å². The van der Waals surface area contributed by atoms with Crippen LogP contribution >= 0.6 is 0 Å². The zero-order chi connectivity index (χ0) is 22.8. The lowest BCUT2D eigenvalue weighted by molar-refractivity contribution is -0.118. The summed E-state index contributed by atoms with van der Waals surface area (Å²) in [5, 5.41) is 0.634. The van der Waals surface area contributed by atoms with E-state index in [2.05, 4.69) is 0 Å². The van der Waals surface area contributed by atoms with Gasteiger partial charge in [0.1, 0.15) is 17.3 Å². The van der Waals surface area contributed by atoms with Crippen LogP contribution in [0, 0.1) is 0 Å². The van der Waals surface area contributed by atoms with Crippen LogP contribution in [0.4, 0.5) is 5.69 Å². The molecule has 0 radical (unpaired) electrons. The molecule has 1 aliphatic rings. The van der Waals surface area contributed by atoms with Gasteiger partial charge in [-0.15, -0.1) is 0 Å². The highest BCUT2D eigenvalue weighted by molar-refractivity contribution is 5.93. The number of fused-ring (bicyclic) bond motifs is 1. The van der Waals surface area contributed by atoms with Crippen LogP contribution in [0.1, 0.15) is 31.1 Å². The SMILES string of the molecule is CN(C(=O)CCc1nc2ccccc2c(=O)n1C1CC1)c1ccc(Oc2ccccc2)cc1. The van der Waals surface area contributed by atoms with Crippen molar-refractivity contribution in [2.75, 3.05) is 11.9 Å². The second kappa shape index (κ2) is 8.90. The second-order valence-electron chi connectivity index (χ2n) is 8.31. The van der Waals surface area contributed by atoms with E-state index in [0.717, 1.165) is 24.3 Å². The molecule has 5 rings (SSSR count). The average molecular weight is 440 g/mol. The van der Waals surface area contributed by atoms with E-state index in [0.29, 0.717) is 28.9 Å². The van der Waals surface area contributed by atoms with Crippen LogP contribution in [0.15, 0.2) is 83.7 Å². The van der Waals surface area contributed by atoms with Crippen LogP contribution < -0.4 is 15.2 Å². The van der Waals surface area contributed by atoms with E-state index in [4.69, 9.17) is 9.72 Å². The van der Waals surface area contributed by atoms with Gasteiger partial charge in [-0.3, -0.25) is 14.2 Å². The number of hydrogen-bond acceptors (Lipinski definition) is 4. The van der Waals surface area contributed by atoms with Gasteiger partial charge < -0.3 is 9.64 Å². The first-order chi connectivity index (χ1) is 16.1. The minimum atomic E-state index is -0.0310. The standard InChI is InChI=1S/C27H25N3O3/c1-29(19-13-15-22(16-14-19)33-21-7-3-2-4-8-21)26(31)18-17-25-28-24-10-6-5-9-23(24)27(32)30(25)20-11-12-20/h2-10,13-16,20H,11-12,17-18H2,1H3. The number of anilines is 1. The van der Waals surface area contributed by atoms with Crippen LogP contribution in [-0.2, 0) is 11.2 Å². The lowest BCUT2D eigenvalue weighted by Gasteiger charge is -2.19. The number of hydrogen-bond donors (Lipinski definition) is 0. The molecule has 0 aliphatic heterocycles. The Kier molecular flexibility index (Phi) is 5.65. The Balaban J connectivity index is 1.29. The molecule has 33 heavy (non-hydrogen) atoms. The summed E-state index contributed by atoms with van der Waals surface area (Å²) < 4.78 is 7.62. The topological polar surface area (TPSA) is 64.4 Å². The summed E-state index contributed by atoms with van der Waals surface area (Å²) in [6.07, 6.45) is 2.67. The molecule has 1 amide bonds. The molecule has 0 bridgehead atoms. The second-order valence-corrected chi connectivity index (χ2v) is 8.31. The Morgan fingerprint density at radius 3 is 2.36 bits per heavy atom. The monoisotopic (exact) mass is 439 g/mol. The van der Waals surface area contributed by atoms with Gasteiger partial charge in [0.15, 0.2) is 0 Å². The summed E-state index contributed by atoms with van der Waals surface area (Å²) >= 11 is 0. The smallest absolute Gasteiger partial charge is 0.261 e. The Morgan fingerprint density at radius 2 is 1.64 bits per heavy atom. The van der Waals surface area contributed by atoms with Crippen molar-refractivity contribution in [3.8, 4) is 11.5 Å². The van der Waals surface area contributed by atoms with Crippen LogP contribution in [0.25, 0.3) is 10.9 Å². The van der Waals surface area contributed by atoms with Crippen molar-refractivity contribution < 1.29 is 9.53 Å². The van der Waals surface area contributed by atoms with Crippen molar-refractivity contribution in [3.63, 3.8) is 0 Å².